The summed E-state index contributed by atoms with van der Waals surface area (Å²) >= 11 is 1.44. The standard InChI is InChI=1S/C29H29FN2O3S/c1-28(2,3)21-10-8-19(9-11-21)18-31-25-13-12-23(35-4)17-24(25)29(27(31)34)32(14-15-36-29)26(33)20-6-5-7-22(30)16-20/h5-13,16-17H,14-15,18H2,1-4H3/t29-/m1/s1. The van der Waals surface area contributed by atoms with E-state index < -0.39 is 10.7 Å². The Morgan fingerprint density at radius 3 is 2.50 bits per heavy atom. The average molecular weight is 505 g/mol. The van der Waals surface area contributed by atoms with Crippen LogP contribution in [0.3, 0.4) is 0 Å². The van der Waals surface area contributed by atoms with Crippen molar-refractivity contribution in [3.63, 3.8) is 0 Å². The van der Waals surface area contributed by atoms with Crippen molar-refractivity contribution in [2.24, 2.45) is 0 Å². The zero-order valence-corrected chi connectivity index (χ0v) is 21.7. The van der Waals surface area contributed by atoms with E-state index in [1.54, 1.807) is 23.0 Å². The number of amides is 2. The Kier molecular flexibility index (Phi) is 6.07. The van der Waals surface area contributed by atoms with Crippen LogP contribution in [0.25, 0.3) is 0 Å². The summed E-state index contributed by atoms with van der Waals surface area (Å²) in [5.74, 6) is 0.193. The number of hydrogen-bond acceptors (Lipinski definition) is 4. The van der Waals surface area contributed by atoms with Crippen molar-refractivity contribution >= 4 is 29.3 Å². The topological polar surface area (TPSA) is 49.9 Å². The number of benzene rings is 3. The molecule has 0 aliphatic carbocycles. The van der Waals surface area contributed by atoms with E-state index in [-0.39, 0.29) is 22.8 Å². The fraction of sp³-hybridized carbons (Fsp3) is 0.310. The molecule has 1 fully saturated rings. The van der Waals surface area contributed by atoms with Crippen molar-refractivity contribution in [1.29, 1.82) is 0 Å². The summed E-state index contributed by atoms with van der Waals surface area (Å²) < 4.78 is 19.4. The zero-order valence-electron chi connectivity index (χ0n) is 20.9. The van der Waals surface area contributed by atoms with Gasteiger partial charge >= 0.3 is 0 Å². The highest BCUT2D eigenvalue weighted by Gasteiger charge is 2.59. The average Bonchev–Trinajstić information content (AvgIpc) is 3.40. The molecule has 3 aromatic carbocycles. The van der Waals surface area contributed by atoms with Gasteiger partial charge in [-0.05, 0) is 52.9 Å². The Bertz CT molecular complexity index is 1340. The van der Waals surface area contributed by atoms with Crippen LogP contribution < -0.4 is 9.64 Å². The van der Waals surface area contributed by atoms with Crippen LogP contribution >= 0.6 is 11.8 Å². The van der Waals surface area contributed by atoms with Crippen LogP contribution in [0.2, 0.25) is 0 Å². The minimum absolute atomic E-state index is 0.0352. The van der Waals surface area contributed by atoms with Crippen molar-refractivity contribution < 1.29 is 18.7 Å². The first-order valence-corrected chi connectivity index (χ1v) is 12.9. The maximum Gasteiger partial charge on any atom is 0.268 e. The van der Waals surface area contributed by atoms with Gasteiger partial charge in [-0.25, -0.2) is 4.39 Å². The number of anilines is 1. The highest BCUT2D eigenvalue weighted by molar-refractivity contribution is 8.01. The van der Waals surface area contributed by atoms with Crippen molar-refractivity contribution in [2.45, 2.75) is 37.6 Å². The van der Waals surface area contributed by atoms with Crippen LogP contribution in [0, 0.1) is 5.82 Å². The second-order valence-electron chi connectivity index (χ2n) is 10.2. The van der Waals surface area contributed by atoms with E-state index in [0.29, 0.717) is 24.6 Å². The third-order valence-corrected chi connectivity index (χ3v) is 8.30. The summed E-state index contributed by atoms with van der Waals surface area (Å²) in [4.78, 5) is 30.0. The summed E-state index contributed by atoms with van der Waals surface area (Å²) in [5, 5.41) is 0. The summed E-state index contributed by atoms with van der Waals surface area (Å²) in [6.07, 6.45) is 0. The molecule has 1 saturated heterocycles. The van der Waals surface area contributed by atoms with Gasteiger partial charge in [0, 0.05) is 23.4 Å². The Balaban J connectivity index is 1.56. The number of thioether (sulfide) groups is 1. The molecule has 36 heavy (non-hydrogen) atoms. The van der Waals surface area contributed by atoms with Gasteiger partial charge < -0.3 is 14.5 Å². The van der Waals surface area contributed by atoms with Crippen LogP contribution in [0.4, 0.5) is 10.1 Å². The second kappa shape index (κ2) is 8.96. The molecular weight excluding hydrogens is 475 g/mol. The van der Waals surface area contributed by atoms with Gasteiger partial charge in [-0.3, -0.25) is 9.59 Å². The molecule has 5 rings (SSSR count). The highest BCUT2D eigenvalue weighted by atomic mass is 32.2. The van der Waals surface area contributed by atoms with E-state index in [1.807, 2.05) is 18.2 Å². The van der Waals surface area contributed by atoms with Gasteiger partial charge in [0.2, 0.25) is 0 Å². The molecular formula is C29H29FN2O3S. The molecule has 7 heteroatoms. The first-order chi connectivity index (χ1) is 17.1. The van der Waals surface area contributed by atoms with E-state index in [9.17, 15) is 14.0 Å². The van der Waals surface area contributed by atoms with Crippen LogP contribution in [-0.2, 0) is 21.6 Å². The number of rotatable bonds is 4. The van der Waals surface area contributed by atoms with Gasteiger partial charge in [0.1, 0.15) is 11.6 Å². The first-order valence-electron chi connectivity index (χ1n) is 12.0. The molecule has 0 radical (unpaired) electrons. The van der Waals surface area contributed by atoms with Crippen LogP contribution in [0.1, 0.15) is 47.8 Å². The number of carbonyl (C=O) groups is 2. The number of ether oxygens (including phenoxy) is 1. The smallest absolute Gasteiger partial charge is 0.268 e. The quantitative estimate of drug-likeness (QED) is 0.456. The molecule has 0 unspecified atom stereocenters. The van der Waals surface area contributed by atoms with Crippen LogP contribution in [0.15, 0.2) is 66.7 Å². The van der Waals surface area contributed by atoms with Gasteiger partial charge in [0.25, 0.3) is 11.8 Å². The molecule has 2 amide bonds. The van der Waals surface area contributed by atoms with E-state index >= 15 is 0 Å². The number of carbonyl (C=O) groups excluding carboxylic acids is 2. The summed E-state index contributed by atoms with van der Waals surface area (Å²) in [7, 11) is 1.58. The molecule has 1 atom stereocenters. The summed E-state index contributed by atoms with van der Waals surface area (Å²) in [5.41, 5.74) is 3.97. The molecule has 2 aliphatic rings. The van der Waals surface area contributed by atoms with Gasteiger partial charge in [-0.1, -0.05) is 51.1 Å². The van der Waals surface area contributed by atoms with E-state index in [2.05, 4.69) is 45.0 Å². The summed E-state index contributed by atoms with van der Waals surface area (Å²) in [6.45, 7) is 7.27. The lowest BCUT2D eigenvalue weighted by Gasteiger charge is -2.33. The minimum Gasteiger partial charge on any atom is -0.497 e. The van der Waals surface area contributed by atoms with Crippen molar-refractivity contribution in [3.05, 3.63) is 94.8 Å². The largest absolute Gasteiger partial charge is 0.497 e. The van der Waals surface area contributed by atoms with Gasteiger partial charge in [0.15, 0.2) is 4.87 Å². The fourth-order valence-corrected chi connectivity index (χ4v) is 6.40. The van der Waals surface area contributed by atoms with Crippen LogP contribution in [0.5, 0.6) is 5.75 Å². The van der Waals surface area contributed by atoms with Crippen LogP contribution in [-0.4, -0.2) is 36.1 Å². The number of nitrogens with zero attached hydrogens (tertiary/aromatic N) is 2. The lowest BCUT2D eigenvalue weighted by atomic mass is 9.87. The van der Waals surface area contributed by atoms with Gasteiger partial charge in [-0.2, -0.15) is 0 Å². The molecule has 0 aromatic heterocycles. The maximum atomic E-state index is 14.2. The molecule has 0 bridgehead atoms. The van der Waals surface area contributed by atoms with E-state index in [4.69, 9.17) is 4.74 Å². The van der Waals surface area contributed by atoms with Crippen molar-refractivity contribution in [2.75, 3.05) is 24.3 Å². The monoisotopic (exact) mass is 504 g/mol. The molecule has 2 aliphatic heterocycles. The second-order valence-corrected chi connectivity index (χ2v) is 11.5. The lowest BCUT2D eigenvalue weighted by Crippen LogP contribution is -2.50. The van der Waals surface area contributed by atoms with Crippen molar-refractivity contribution in [1.82, 2.24) is 4.90 Å². The Morgan fingerprint density at radius 1 is 1.08 bits per heavy atom. The predicted octanol–water partition coefficient (Wildman–Crippen LogP) is 5.72. The number of hydrogen-bond donors (Lipinski definition) is 0. The number of fused-ring (bicyclic) bond motifs is 2. The Hall–Kier alpha value is -3.32. The van der Waals surface area contributed by atoms with E-state index in [0.717, 1.165) is 16.8 Å². The molecule has 2 heterocycles. The molecule has 3 aromatic rings. The fourth-order valence-electron chi connectivity index (χ4n) is 4.95. The zero-order chi connectivity index (χ0) is 25.7. The number of halogens is 1. The summed E-state index contributed by atoms with van der Waals surface area (Å²) in [6, 6.07) is 19.5. The van der Waals surface area contributed by atoms with Gasteiger partial charge in [0.05, 0.1) is 19.3 Å². The van der Waals surface area contributed by atoms with E-state index in [1.165, 1.54) is 35.5 Å². The SMILES string of the molecule is COc1ccc2c(c1)[C@@]1(SCCN1C(=O)c1cccc(F)c1)C(=O)N2Cc1ccc(C(C)(C)C)cc1. The molecule has 0 saturated carbocycles. The molecule has 1 spiro atoms. The number of methoxy groups -OCH3 is 1. The Morgan fingerprint density at radius 2 is 1.83 bits per heavy atom. The molecule has 5 nitrogen and oxygen atoms in total. The lowest BCUT2D eigenvalue weighted by molar-refractivity contribution is -0.123. The van der Waals surface area contributed by atoms with Crippen molar-refractivity contribution in [3.8, 4) is 5.75 Å². The molecule has 0 N–H and O–H groups in total. The highest BCUT2D eigenvalue weighted by Crippen LogP contribution is 2.55. The third-order valence-electron chi connectivity index (χ3n) is 6.88. The minimum atomic E-state index is -1.22. The maximum absolute atomic E-state index is 14.2. The first kappa shape index (κ1) is 24.4. The molecule has 186 valence electrons. The Labute approximate surface area is 215 Å². The predicted molar refractivity (Wildman–Crippen MR) is 141 cm³/mol. The van der Waals surface area contributed by atoms with Gasteiger partial charge in [-0.15, -0.1) is 11.8 Å². The normalized spacial score (nSPS) is 19.2. The third kappa shape index (κ3) is 3.95.